The van der Waals surface area contributed by atoms with Gasteiger partial charge >= 0.3 is 18.1 Å². The van der Waals surface area contributed by atoms with Crippen LogP contribution in [-0.2, 0) is 19.1 Å². The molecule has 18 heteroatoms. The summed E-state index contributed by atoms with van der Waals surface area (Å²) in [7, 11) is 4.76. The van der Waals surface area contributed by atoms with Crippen LogP contribution in [0.1, 0.15) is 40.5 Å². The number of aliphatic hydroxyl groups excluding tert-OH is 3. The van der Waals surface area contributed by atoms with Gasteiger partial charge in [-0.05, 0) is 18.4 Å². The summed E-state index contributed by atoms with van der Waals surface area (Å²) < 4.78 is 12.4. The number of likely N-dealkylation sites (tertiary alicyclic amines) is 1. The van der Waals surface area contributed by atoms with Gasteiger partial charge in [-0.25, -0.2) is 24.4 Å². The highest BCUT2D eigenvalue weighted by atomic mass is 16.8. The maximum atomic E-state index is 13.6. The van der Waals surface area contributed by atoms with E-state index in [9.17, 15) is 39.6 Å². The molecule has 0 bridgehead atoms. The fourth-order valence-corrected chi connectivity index (χ4v) is 6.34. The monoisotopic (exact) mass is 702 g/mol. The molecule has 2 aliphatic heterocycles. The smallest absolute Gasteiger partial charge is 0.412 e. The summed E-state index contributed by atoms with van der Waals surface area (Å²) in [5.74, 6) is -3.40. The number of carboxylic acid groups (broad SMARTS) is 1. The first-order valence-corrected chi connectivity index (χ1v) is 16.2. The van der Waals surface area contributed by atoms with Crippen molar-refractivity contribution in [1.29, 1.82) is 5.26 Å². The van der Waals surface area contributed by atoms with Crippen molar-refractivity contribution in [3.05, 3.63) is 18.6 Å². The van der Waals surface area contributed by atoms with Crippen LogP contribution in [0, 0.1) is 22.7 Å². The fraction of sp³-hybridized carbons (Fsp3) is 0.656. The molecule has 0 radical (unpaired) electrons. The number of aromatic nitrogens is 3. The number of anilines is 1. The topological polar surface area (TPSA) is 235 Å². The molecule has 50 heavy (non-hydrogen) atoms. The van der Waals surface area contributed by atoms with Crippen molar-refractivity contribution in [2.45, 2.75) is 76.8 Å². The van der Waals surface area contributed by atoms with E-state index < -0.39 is 53.7 Å². The molecule has 2 aromatic rings. The van der Waals surface area contributed by atoms with E-state index in [1.54, 1.807) is 17.2 Å². The van der Waals surface area contributed by atoms with Gasteiger partial charge in [0.25, 0.3) is 0 Å². The summed E-state index contributed by atoms with van der Waals surface area (Å²) in [6, 6.07) is 3.07. The molecular formula is C32H46N8O10. The molecule has 4 rings (SSSR count). The quantitative estimate of drug-likeness (QED) is 0.290. The Bertz CT molecular complexity index is 1640. The Balaban J connectivity index is 1.46. The average molecular weight is 703 g/mol. The van der Waals surface area contributed by atoms with E-state index in [0.29, 0.717) is 29.9 Å². The summed E-state index contributed by atoms with van der Waals surface area (Å²) in [5, 5.41) is 50.7. The lowest BCUT2D eigenvalue weighted by Crippen LogP contribution is -2.71. The molecule has 2 aliphatic rings. The van der Waals surface area contributed by atoms with Crippen LogP contribution in [0.25, 0.3) is 11.0 Å². The maximum absolute atomic E-state index is 13.6. The van der Waals surface area contributed by atoms with Gasteiger partial charge in [-0.2, -0.15) is 5.26 Å². The number of carboxylic acids is 1. The molecular weight excluding hydrogens is 656 g/mol. The number of nitriles is 1. The minimum atomic E-state index is -2.35. The van der Waals surface area contributed by atoms with Crippen molar-refractivity contribution in [1.82, 2.24) is 29.2 Å². The standard InChI is InChI=1S/C32H46N8O10/c1-18-9-12-39(21(41)8-11-33)16-20(18)38(7)26-19-10-13-40(27(19)35-17-34-26)29(47)36(5)14-15-37(6)30(48)50-32(31(2,3)4)25(44)23(43)22(42)24(49-32)28(45)46/h10,13,17-18,20,22-25,42-44H,8-9,12,14-16H2,1-7H3,(H,45,46)/t18-,20+,22+,23+,24+,25-,32-/m1/s1. The third-order valence-electron chi connectivity index (χ3n) is 9.61. The van der Waals surface area contributed by atoms with Gasteiger partial charge < -0.3 is 49.5 Å². The molecule has 0 saturated carbocycles. The van der Waals surface area contributed by atoms with E-state index in [-0.39, 0.29) is 37.4 Å². The summed E-state index contributed by atoms with van der Waals surface area (Å²) in [6.45, 7) is 7.57. The first kappa shape index (κ1) is 38.2. The molecule has 274 valence electrons. The van der Waals surface area contributed by atoms with Crippen molar-refractivity contribution in [2.75, 3.05) is 52.2 Å². The number of nitrogens with zero attached hydrogens (tertiary/aromatic N) is 8. The lowest BCUT2D eigenvalue weighted by molar-refractivity contribution is -0.372. The molecule has 0 aromatic carbocycles. The van der Waals surface area contributed by atoms with Crippen molar-refractivity contribution >= 4 is 40.9 Å². The highest BCUT2D eigenvalue weighted by Crippen LogP contribution is 2.44. The molecule has 2 saturated heterocycles. The van der Waals surface area contributed by atoms with Gasteiger partial charge in [0.15, 0.2) is 11.8 Å². The lowest BCUT2D eigenvalue weighted by Gasteiger charge is -2.52. The van der Waals surface area contributed by atoms with E-state index >= 15 is 0 Å². The number of hydrogen-bond donors (Lipinski definition) is 4. The molecule has 3 amide bonds. The number of piperidine rings is 1. The number of amides is 3. The molecule has 0 spiro atoms. The first-order chi connectivity index (χ1) is 23.4. The third-order valence-corrected chi connectivity index (χ3v) is 9.61. The summed E-state index contributed by atoms with van der Waals surface area (Å²) in [4.78, 5) is 66.0. The van der Waals surface area contributed by atoms with Crippen LogP contribution in [0.4, 0.5) is 15.4 Å². The molecule has 0 unspecified atom stereocenters. The highest BCUT2D eigenvalue weighted by Gasteiger charge is 2.63. The predicted molar refractivity (Wildman–Crippen MR) is 176 cm³/mol. The van der Waals surface area contributed by atoms with Crippen molar-refractivity contribution < 1.29 is 49.1 Å². The number of aliphatic carboxylic acids is 1. The SMILES string of the molecule is C[C@@H]1CCN(C(=O)CC#N)C[C@@H]1N(C)c1ncnc2c1ccn2C(=O)N(C)CCN(C)C(=O)O[C@]1(C(C)(C)C)O[C@H](C(=O)O)[C@@H](O)[C@H](O)[C@H]1O. The number of rotatable bonds is 8. The molecule has 4 N–H and O–H groups in total. The number of aliphatic hydroxyl groups is 3. The Morgan fingerprint density at radius 3 is 2.38 bits per heavy atom. The zero-order chi connectivity index (χ0) is 37.3. The molecule has 2 fully saturated rings. The Morgan fingerprint density at radius 1 is 1.10 bits per heavy atom. The normalized spacial score (nSPS) is 26.9. The second-order valence-corrected chi connectivity index (χ2v) is 14.0. The van der Waals surface area contributed by atoms with Crippen molar-refractivity contribution in [3.8, 4) is 6.07 Å². The van der Waals surface area contributed by atoms with Gasteiger partial charge in [0.1, 0.15) is 36.9 Å². The maximum Gasteiger partial charge on any atom is 0.412 e. The number of ether oxygens (including phenoxy) is 2. The van der Waals surface area contributed by atoms with Crippen molar-refractivity contribution in [3.63, 3.8) is 0 Å². The van der Waals surface area contributed by atoms with Gasteiger partial charge in [-0.15, -0.1) is 0 Å². The van der Waals surface area contributed by atoms with E-state index in [1.807, 2.05) is 18.0 Å². The largest absolute Gasteiger partial charge is 0.479 e. The van der Waals surface area contributed by atoms with Crippen LogP contribution in [0.15, 0.2) is 18.6 Å². The number of hydrogen-bond acceptors (Lipinski definition) is 13. The number of fused-ring (bicyclic) bond motifs is 1. The van der Waals surface area contributed by atoms with Crippen LogP contribution in [0.3, 0.4) is 0 Å². The summed E-state index contributed by atoms with van der Waals surface area (Å²) in [5.41, 5.74) is -0.922. The van der Waals surface area contributed by atoms with Crippen LogP contribution in [-0.4, -0.2) is 157 Å². The minimum Gasteiger partial charge on any atom is -0.479 e. The van der Waals surface area contributed by atoms with Crippen LogP contribution < -0.4 is 4.90 Å². The number of carbonyl (C=O) groups excluding carboxylic acids is 3. The lowest BCUT2D eigenvalue weighted by atomic mass is 9.76. The Kier molecular flexibility index (Phi) is 11.3. The first-order valence-electron chi connectivity index (χ1n) is 16.2. The van der Waals surface area contributed by atoms with Gasteiger partial charge in [-0.3, -0.25) is 9.36 Å². The Hall–Kier alpha value is -4.57. The number of likely N-dealkylation sites (N-methyl/N-ethyl adjacent to an activating group) is 3. The molecule has 7 atom stereocenters. The fourth-order valence-electron chi connectivity index (χ4n) is 6.34. The van der Waals surface area contributed by atoms with Crippen LogP contribution in [0.5, 0.6) is 0 Å². The third kappa shape index (κ3) is 7.17. The zero-order valence-corrected chi connectivity index (χ0v) is 29.3. The summed E-state index contributed by atoms with van der Waals surface area (Å²) >= 11 is 0. The van der Waals surface area contributed by atoms with E-state index in [0.717, 1.165) is 11.3 Å². The van der Waals surface area contributed by atoms with Crippen LogP contribution >= 0.6 is 0 Å². The Morgan fingerprint density at radius 2 is 1.76 bits per heavy atom. The molecule has 18 nitrogen and oxygen atoms in total. The van der Waals surface area contributed by atoms with Gasteiger partial charge in [0.05, 0.1) is 17.5 Å². The molecule has 2 aromatic heterocycles. The second-order valence-electron chi connectivity index (χ2n) is 14.0. The average Bonchev–Trinajstić information content (AvgIpc) is 3.50. The van der Waals surface area contributed by atoms with E-state index in [1.165, 1.54) is 50.7 Å². The van der Waals surface area contributed by atoms with Gasteiger partial charge in [0.2, 0.25) is 11.7 Å². The summed E-state index contributed by atoms with van der Waals surface area (Å²) in [6.07, 6.45) is -5.51. The molecule has 4 heterocycles. The Labute approximate surface area is 289 Å². The highest BCUT2D eigenvalue weighted by molar-refractivity contribution is 5.95. The van der Waals surface area contributed by atoms with Gasteiger partial charge in [0, 0.05) is 58.9 Å². The van der Waals surface area contributed by atoms with E-state index in [4.69, 9.17) is 14.7 Å². The number of carbonyl (C=O) groups is 4. The minimum absolute atomic E-state index is 0.0130. The second kappa shape index (κ2) is 14.7. The molecule has 0 aliphatic carbocycles. The van der Waals surface area contributed by atoms with Crippen LogP contribution in [0.2, 0.25) is 0 Å². The predicted octanol–water partition coefficient (Wildman–Crippen LogP) is 0.295. The van der Waals surface area contributed by atoms with E-state index in [2.05, 4.69) is 16.9 Å². The van der Waals surface area contributed by atoms with Crippen molar-refractivity contribution in [2.24, 2.45) is 11.3 Å². The zero-order valence-electron chi connectivity index (χ0n) is 29.3. The van der Waals surface area contributed by atoms with Gasteiger partial charge in [-0.1, -0.05) is 27.7 Å².